The summed E-state index contributed by atoms with van der Waals surface area (Å²) >= 11 is 4.47. The van der Waals surface area contributed by atoms with E-state index in [0.29, 0.717) is 28.4 Å². The van der Waals surface area contributed by atoms with Crippen LogP contribution >= 0.6 is 34.4 Å². The van der Waals surface area contributed by atoms with E-state index >= 15 is 0 Å². The average molecular weight is 434 g/mol. The van der Waals surface area contributed by atoms with Crippen LogP contribution in [0.1, 0.15) is 23.3 Å². The van der Waals surface area contributed by atoms with E-state index in [-0.39, 0.29) is 5.82 Å². The van der Waals surface area contributed by atoms with E-state index < -0.39 is 0 Å². The number of thioether (sulfide) groups is 1. The Kier molecular flexibility index (Phi) is 5.69. The number of thiophene rings is 1. The first kappa shape index (κ1) is 19.0. The standard InChI is InChI=1S/C18H16FN5OS3/c1-3-13-10(2)8-14(27-13)16-22-21-15(25-16)9-26-18-24-23-17(28-18)20-12-7-5-4-6-11(12)19/h4-8H,3,9H2,1-2H3,(H,20,23). The van der Waals surface area contributed by atoms with Crippen LogP contribution in [0.3, 0.4) is 0 Å². The molecule has 144 valence electrons. The van der Waals surface area contributed by atoms with E-state index in [1.54, 1.807) is 29.5 Å². The van der Waals surface area contributed by atoms with Gasteiger partial charge in [-0.1, -0.05) is 42.2 Å². The van der Waals surface area contributed by atoms with E-state index in [1.807, 2.05) is 0 Å². The molecule has 0 saturated heterocycles. The van der Waals surface area contributed by atoms with Crippen molar-refractivity contribution in [3.8, 4) is 10.8 Å². The van der Waals surface area contributed by atoms with Gasteiger partial charge in [0.25, 0.3) is 5.89 Å². The summed E-state index contributed by atoms with van der Waals surface area (Å²) in [6, 6.07) is 8.53. The van der Waals surface area contributed by atoms with Crippen molar-refractivity contribution in [2.45, 2.75) is 30.4 Å². The monoisotopic (exact) mass is 433 g/mol. The van der Waals surface area contributed by atoms with Crippen molar-refractivity contribution in [2.75, 3.05) is 5.32 Å². The van der Waals surface area contributed by atoms with Crippen LogP contribution < -0.4 is 5.32 Å². The van der Waals surface area contributed by atoms with Gasteiger partial charge in [0, 0.05) is 4.88 Å². The summed E-state index contributed by atoms with van der Waals surface area (Å²) in [5.74, 6) is 1.23. The summed E-state index contributed by atoms with van der Waals surface area (Å²) in [5.41, 5.74) is 1.62. The third kappa shape index (κ3) is 4.23. The van der Waals surface area contributed by atoms with Crippen molar-refractivity contribution in [1.29, 1.82) is 0 Å². The van der Waals surface area contributed by atoms with Gasteiger partial charge in [-0.15, -0.1) is 31.7 Å². The Bertz CT molecular complexity index is 1090. The fraction of sp³-hybridized carbons (Fsp3) is 0.222. The number of rotatable bonds is 7. The van der Waals surface area contributed by atoms with Gasteiger partial charge >= 0.3 is 0 Å². The molecule has 0 aliphatic heterocycles. The summed E-state index contributed by atoms with van der Waals surface area (Å²) in [6.45, 7) is 4.23. The highest BCUT2D eigenvalue weighted by atomic mass is 32.2. The predicted molar refractivity (Wildman–Crippen MR) is 111 cm³/mol. The van der Waals surface area contributed by atoms with Gasteiger partial charge in [-0.3, -0.25) is 0 Å². The van der Waals surface area contributed by atoms with E-state index in [0.717, 1.165) is 15.6 Å². The van der Waals surface area contributed by atoms with E-state index in [4.69, 9.17) is 4.42 Å². The Balaban J connectivity index is 1.38. The zero-order valence-corrected chi connectivity index (χ0v) is 17.6. The van der Waals surface area contributed by atoms with Crippen molar-refractivity contribution < 1.29 is 8.81 Å². The largest absolute Gasteiger partial charge is 0.419 e. The van der Waals surface area contributed by atoms with Gasteiger partial charge in [0.15, 0.2) is 4.34 Å². The Morgan fingerprint density at radius 2 is 2.00 bits per heavy atom. The van der Waals surface area contributed by atoms with Gasteiger partial charge < -0.3 is 9.73 Å². The van der Waals surface area contributed by atoms with Gasteiger partial charge in [0.2, 0.25) is 11.0 Å². The number of para-hydroxylation sites is 1. The fourth-order valence-corrected chi connectivity index (χ4v) is 5.14. The van der Waals surface area contributed by atoms with Gasteiger partial charge in [0.05, 0.1) is 16.3 Å². The molecule has 0 bridgehead atoms. The second-order valence-corrected chi connectivity index (χ2v) is 9.17. The van der Waals surface area contributed by atoms with E-state index in [9.17, 15) is 4.39 Å². The molecule has 0 fully saturated rings. The number of halogens is 1. The number of aryl methyl sites for hydroxylation is 2. The Morgan fingerprint density at radius 1 is 1.14 bits per heavy atom. The lowest BCUT2D eigenvalue weighted by Gasteiger charge is -2.01. The molecule has 10 heteroatoms. The molecule has 3 aromatic heterocycles. The highest BCUT2D eigenvalue weighted by Gasteiger charge is 2.14. The summed E-state index contributed by atoms with van der Waals surface area (Å²) in [7, 11) is 0. The third-order valence-electron chi connectivity index (χ3n) is 3.86. The maximum absolute atomic E-state index is 13.7. The minimum atomic E-state index is -0.333. The molecule has 4 rings (SSSR count). The molecule has 0 amide bonds. The molecule has 0 saturated carbocycles. The summed E-state index contributed by atoms with van der Waals surface area (Å²) < 4.78 is 20.2. The summed E-state index contributed by atoms with van der Waals surface area (Å²) in [5, 5.41) is 19.9. The maximum Gasteiger partial charge on any atom is 0.257 e. The molecular weight excluding hydrogens is 417 g/mol. The van der Waals surface area contributed by atoms with Crippen LogP contribution in [0.2, 0.25) is 0 Å². The number of anilines is 2. The van der Waals surface area contributed by atoms with Crippen LogP contribution in [0.5, 0.6) is 0 Å². The molecule has 3 heterocycles. The molecule has 4 aromatic rings. The molecular formula is C18H16FN5OS3. The number of aromatic nitrogens is 4. The minimum Gasteiger partial charge on any atom is -0.419 e. The second kappa shape index (κ2) is 8.38. The van der Waals surface area contributed by atoms with Crippen molar-refractivity contribution in [3.63, 3.8) is 0 Å². The molecule has 0 aliphatic rings. The van der Waals surface area contributed by atoms with Gasteiger partial charge in [-0.2, -0.15) is 0 Å². The minimum absolute atomic E-state index is 0.333. The number of nitrogens with one attached hydrogen (secondary N) is 1. The summed E-state index contributed by atoms with van der Waals surface area (Å²) in [4.78, 5) is 2.32. The van der Waals surface area contributed by atoms with Crippen molar-refractivity contribution in [3.05, 3.63) is 52.5 Å². The van der Waals surface area contributed by atoms with Gasteiger partial charge in [-0.25, -0.2) is 4.39 Å². The van der Waals surface area contributed by atoms with E-state index in [1.165, 1.54) is 39.6 Å². The fourth-order valence-electron chi connectivity index (χ4n) is 2.51. The molecule has 6 nitrogen and oxygen atoms in total. The van der Waals surface area contributed by atoms with Gasteiger partial charge in [-0.05, 0) is 37.1 Å². The second-order valence-electron chi connectivity index (χ2n) is 5.84. The molecule has 0 spiro atoms. The average Bonchev–Trinajstić information content (AvgIpc) is 3.41. The Morgan fingerprint density at radius 3 is 2.79 bits per heavy atom. The number of hydrogen-bond acceptors (Lipinski definition) is 9. The predicted octanol–water partition coefficient (Wildman–Crippen LogP) is 5.70. The van der Waals surface area contributed by atoms with Crippen LogP contribution in [0.25, 0.3) is 10.8 Å². The Hall–Kier alpha value is -2.30. The van der Waals surface area contributed by atoms with Crippen LogP contribution in [0, 0.1) is 12.7 Å². The number of hydrogen-bond donors (Lipinski definition) is 1. The van der Waals surface area contributed by atoms with Crippen molar-refractivity contribution in [2.24, 2.45) is 0 Å². The summed E-state index contributed by atoms with van der Waals surface area (Å²) in [6.07, 6.45) is 0.994. The molecule has 28 heavy (non-hydrogen) atoms. The van der Waals surface area contributed by atoms with Crippen LogP contribution in [0.4, 0.5) is 15.2 Å². The smallest absolute Gasteiger partial charge is 0.257 e. The highest BCUT2D eigenvalue weighted by Crippen LogP contribution is 2.33. The zero-order valence-electron chi connectivity index (χ0n) is 15.1. The van der Waals surface area contributed by atoms with Crippen molar-refractivity contribution >= 4 is 45.3 Å². The SMILES string of the molecule is CCc1sc(-c2nnc(CSc3nnc(Nc4ccccc4F)s3)o2)cc1C. The van der Waals surface area contributed by atoms with Crippen molar-refractivity contribution in [1.82, 2.24) is 20.4 Å². The van der Waals surface area contributed by atoms with Crippen LogP contribution in [-0.4, -0.2) is 20.4 Å². The lowest BCUT2D eigenvalue weighted by Crippen LogP contribution is -1.92. The first-order valence-corrected chi connectivity index (χ1v) is 11.1. The number of nitrogens with zero attached hydrogens (tertiary/aromatic N) is 4. The van der Waals surface area contributed by atoms with Crippen LogP contribution in [0.15, 0.2) is 39.1 Å². The van der Waals surface area contributed by atoms with E-state index in [2.05, 4.69) is 45.6 Å². The molecule has 0 radical (unpaired) electrons. The number of benzene rings is 1. The maximum atomic E-state index is 13.7. The molecule has 0 atom stereocenters. The van der Waals surface area contributed by atoms with Crippen LogP contribution in [-0.2, 0) is 12.2 Å². The Labute approximate surface area is 173 Å². The first-order valence-electron chi connectivity index (χ1n) is 8.52. The zero-order chi connectivity index (χ0) is 19.5. The normalized spacial score (nSPS) is 11.1. The quantitative estimate of drug-likeness (QED) is 0.375. The molecule has 1 N–H and O–H groups in total. The lowest BCUT2D eigenvalue weighted by atomic mass is 10.2. The molecule has 1 aromatic carbocycles. The first-order chi connectivity index (χ1) is 13.6. The lowest BCUT2D eigenvalue weighted by molar-refractivity contribution is 0.529. The van der Waals surface area contributed by atoms with Gasteiger partial charge in [0.1, 0.15) is 5.82 Å². The molecule has 0 unspecified atom stereocenters. The third-order valence-corrected chi connectivity index (χ3v) is 7.19. The topological polar surface area (TPSA) is 76.7 Å². The highest BCUT2D eigenvalue weighted by molar-refractivity contribution is 8.00. The molecule has 0 aliphatic carbocycles.